The first-order chi connectivity index (χ1) is 11.6. The molecule has 1 aromatic rings. The molecule has 0 fully saturated rings. The molecule has 24 heavy (non-hydrogen) atoms. The third-order valence-corrected chi connectivity index (χ3v) is 4.01. The molecular weight excluding hydrogens is 308 g/mol. The maximum atomic E-state index is 12.3. The van der Waals surface area contributed by atoms with Crippen LogP contribution >= 0.6 is 0 Å². The van der Waals surface area contributed by atoms with Gasteiger partial charge >= 0.3 is 0 Å². The molecule has 130 valence electrons. The van der Waals surface area contributed by atoms with Crippen LogP contribution in [0.2, 0.25) is 0 Å². The number of hydrogen-bond acceptors (Lipinski definition) is 5. The fraction of sp³-hybridized carbons (Fsp3) is 0.444. The largest absolute Gasteiger partial charge is 0.494 e. The summed E-state index contributed by atoms with van der Waals surface area (Å²) in [6.07, 6.45) is 2.29. The van der Waals surface area contributed by atoms with Gasteiger partial charge in [-0.2, -0.15) is 0 Å². The predicted octanol–water partition coefficient (Wildman–Crippen LogP) is 1.67. The molecule has 0 spiro atoms. The summed E-state index contributed by atoms with van der Waals surface area (Å²) in [4.78, 5) is 16.9. The van der Waals surface area contributed by atoms with Crippen LogP contribution in [0, 0.1) is 0 Å². The van der Waals surface area contributed by atoms with Gasteiger partial charge in [0.05, 0.1) is 6.61 Å². The molecule has 1 heterocycles. The second-order valence-electron chi connectivity index (χ2n) is 5.62. The molecule has 1 aromatic carbocycles. The Bertz CT molecular complexity index is 612. The molecule has 1 aliphatic heterocycles. The first-order valence-corrected chi connectivity index (χ1v) is 8.01. The van der Waals surface area contributed by atoms with E-state index in [0.717, 1.165) is 5.56 Å². The number of likely N-dealkylation sites (N-methyl/N-ethyl adjacent to an activating group) is 1. The average Bonchev–Trinajstić information content (AvgIpc) is 2.93. The zero-order valence-corrected chi connectivity index (χ0v) is 14.1. The van der Waals surface area contributed by atoms with Crippen LogP contribution in [-0.4, -0.2) is 48.8 Å². The minimum atomic E-state index is -0.984. The molecule has 1 aliphatic rings. The second kappa shape index (κ2) is 7.97. The lowest BCUT2D eigenvalue weighted by molar-refractivity contribution is -0.127. The van der Waals surface area contributed by atoms with E-state index in [1.54, 1.807) is 13.1 Å². The molecule has 2 N–H and O–H groups in total. The van der Waals surface area contributed by atoms with Crippen molar-refractivity contribution >= 4 is 11.8 Å². The minimum absolute atomic E-state index is 0.103. The van der Waals surface area contributed by atoms with Crippen molar-refractivity contribution in [1.29, 1.82) is 0 Å². The van der Waals surface area contributed by atoms with Gasteiger partial charge in [-0.3, -0.25) is 4.79 Å². The standard InChI is InChI=1S/C18H24N2O4/c1-4-10-18(17(22)19-3)13(2)24-16(20-18)14-6-8-15(9-7-14)23-12-5-11-21/h4,6-9,13,21H,1,5,10-12H2,2-3H3,(H,19,22)/t13-,18-/m1/s1. The lowest BCUT2D eigenvalue weighted by atomic mass is 9.89. The van der Waals surface area contributed by atoms with Crippen LogP contribution in [0.15, 0.2) is 41.9 Å². The second-order valence-corrected chi connectivity index (χ2v) is 5.62. The van der Waals surface area contributed by atoms with Crippen LogP contribution in [0.25, 0.3) is 0 Å². The van der Waals surface area contributed by atoms with Gasteiger partial charge in [0.2, 0.25) is 5.90 Å². The van der Waals surface area contributed by atoms with Crippen molar-refractivity contribution in [2.75, 3.05) is 20.3 Å². The van der Waals surface area contributed by atoms with Gasteiger partial charge in [0, 0.05) is 32.1 Å². The molecule has 6 heteroatoms. The Morgan fingerprint density at radius 1 is 1.50 bits per heavy atom. The van der Waals surface area contributed by atoms with Crippen LogP contribution in [0.5, 0.6) is 5.75 Å². The van der Waals surface area contributed by atoms with E-state index >= 15 is 0 Å². The number of aliphatic imine (C=N–C) groups is 1. The zero-order chi connectivity index (χ0) is 17.6. The predicted molar refractivity (Wildman–Crippen MR) is 92.3 cm³/mol. The van der Waals surface area contributed by atoms with E-state index in [9.17, 15) is 4.79 Å². The summed E-state index contributed by atoms with van der Waals surface area (Å²) in [5, 5.41) is 11.4. The van der Waals surface area contributed by atoms with Crippen LogP contribution in [-0.2, 0) is 9.53 Å². The molecular formula is C18H24N2O4. The Hall–Kier alpha value is -2.34. The van der Waals surface area contributed by atoms with Gasteiger partial charge in [0.1, 0.15) is 11.9 Å². The molecule has 0 aliphatic carbocycles. The number of rotatable bonds is 8. The topological polar surface area (TPSA) is 80.2 Å². The maximum absolute atomic E-state index is 12.3. The van der Waals surface area contributed by atoms with Gasteiger partial charge < -0.3 is 19.9 Å². The van der Waals surface area contributed by atoms with Crippen molar-refractivity contribution in [2.45, 2.75) is 31.4 Å². The summed E-state index contributed by atoms with van der Waals surface area (Å²) in [6, 6.07) is 7.31. The number of carbonyl (C=O) groups is 1. The molecule has 6 nitrogen and oxygen atoms in total. The number of nitrogens with zero attached hydrogens (tertiary/aromatic N) is 1. The Morgan fingerprint density at radius 3 is 2.79 bits per heavy atom. The Labute approximate surface area is 142 Å². The number of nitrogens with one attached hydrogen (secondary N) is 1. The lowest BCUT2D eigenvalue weighted by Crippen LogP contribution is -2.49. The van der Waals surface area contributed by atoms with E-state index in [2.05, 4.69) is 16.9 Å². The van der Waals surface area contributed by atoms with Gasteiger partial charge in [-0.15, -0.1) is 6.58 Å². The summed E-state index contributed by atoms with van der Waals surface area (Å²) >= 11 is 0. The highest BCUT2D eigenvalue weighted by molar-refractivity contribution is 6.00. The summed E-state index contributed by atoms with van der Waals surface area (Å²) in [6.45, 7) is 6.13. The van der Waals surface area contributed by atoms with Crippen molar-refractivity contribution in [1.82, 2.24) is 5.32 Å². The molecule has 0 saturated heterocycles. The number of aliphatic hydroxyl groups is 1. The van der Waals surface area contributed by atoms with Crippen molar-refractivity contribution in [3.8, 4) is 5.75 Å². The van der Waals surface area contributed by atoms with E-state index in [4.69, 9.17) is 14.6 Å². The van der Waals surface area contributed by atoms with Crippen molar-refractivity contribution in [2.24, 2.45) is 4.99 Å². The highest BCUT2D eigenvalue weighted by atomic mass is 16.5. The lowest BCUT2D eigenvalue weighted by Gasteiger charge is -2.25. The normalized spacial score (nSPS) is 22.5. The van der Waals surface area contributed by atoms with Crippen molar-refractivity contribution in [3.63, 3.8) is 0 Å². The van der Waals surface area contributed by atoms with Crippen LogP contribution in [0.3, 0.4) is 0 Å². The van der Waals surface area contributed by atoms with E-state index < -0.39 is 5.54 Å². The smallest absolute Gasteiger partial charge is 0.252 e. The fourth-order valence-electron chi connectivity index (χ4n) is 2.62. The average molecular weight is 332 g/mol. The molecule has 2 rings (SSSR count). The monoisotopic (exact) mass is 332 g/mol. The Morgan fingerprint density at radius 2 is 2.21 bits per heavy atom. The molecule has 2 atom stereocenters. The number of amides is 1. The Balaban J connectivity index is 2.20. The first-order valence-electron chi connectivity index (χ1n) is 8.01. The quantitative estimate of drug-likeness (QED) is 0.561. The summed E-state index contributed by atoms with van der Waals surface area (Å²) in [5.41, 5.74) is -0.200. The highest BCUT2D eigenvalue weighted by Crippen LogP contribution is 2.32. The van der Waals surface area contributed by atoms with Crippen LogP contribution < -0.4 is 10.1 Å². The van der Waals surface area contributed by atoms with Gasteiger partial charge in [-0.1, -0.05) is 6.08 Å². The van der Waals surface area contributed by atoms with Crippen LogP contribution in [0.4, 0.5) is 0 Å². The molecule has 0 bridgehead atoms. The van der Waals surface area contributed by atoms with Gasteiger partial charge in [0.25, 0.3) is 5.91 Å². The van der Waals surface area contributed by atoms with E-state index in [1.807, 2.05) is 31.2 Å². The zero-order valence-electron chi connectivity index (χ0n) is 14.1. The summed E-state index contributed by atoms with van der Waals surface area (Å²) in [5.74, 6) is 0.964. The van der Waals surface area contributed by atoms with E-state index in [-0.39, 0.29) is 18.6 Å². The van der Waals surface area contributed by atoms with E-state index in [1.165, 1.54) is 0 Å². The van der Waals surface area contributed by atoms with Crippen LogP contribution in [0.1, 0.15) is 25.3 Å². The van der Waals surface area contributed by atoms with Gasteiger partial charge in [0.15, 0.2) is 5.54 Å². The number of benzene rings is 1. The van der Waals surface area contributed by atoms with Crippen molar-refractivity contribution < 1.29 is 19.4 Å². The SMILES string of the molecule is C=CC[C@@]1(C(=O)NC)N=C(c2ccc(OCCCO)cc2)O[C@@H]1C. The number of hydrogen-bond donors (Lipinski definition) is 2. The van der Waals surface area contributed by atoms with Crippen molar-refractivity contribution in [3.05, 3.63) is 42.5 Å². The number of aliphatic hydroxyl groups excluding tert-OH is 1. The molecule has 0 aromatic heterocycles. The fourth-order valence-corrected chi connectivity index (χ4v) is 2.62. The molecule has 0 saturated carbocycles. The molecule has 0 unspecified atom stereocenters. The molecule has 0 radical (unpaired) electrons. The summed E-state index contributed by atoms with van der Waals surface area (Å²) in [7, 11) is 1.59. The highest BCUT2D eigenvalue weighted by Gasteiger charge is 2.48. The minimum Gasteiger partial charge on any atom is -0.494 e. The molecule has 1 amide bonds. The Kier molecular flexibility index (Phi) is 5.98. The number of carbonyl (C=O) groups excluding carboxylic acids is 1. The number of ether oxygens (including phenoxy) is 2. The third kappa shape index (κ3) is 3.59. The van der Waals surface area contributed by atoms with E-state index in [0.29, 0.717) is 31.1 Å². The third-order valence-electron chi connectivity index (χ3n) is 4.01. The van der Waals surface area contributed by atoms with Gasteiger partial charge in [-0.05, 0) is 31.2 Å². The summed E-state index contributed by atoms with van der Waals surface area (Å²) < 4.78 is 11.3. The van der Waals surface area contributed by atoms with Gasteiger partial charge in [-0.25, -0.2) is 4.99 Å². The first kappa shape index (κ1) is 18.0. The maximum Gasteiger partial charge on any atom is 0.252 e.